The van der Waals surface area contributed by atoms with Crippen molar-refractivity contribution in [3.05, 3.63) is 53.5 Å². The van der Waals surface area contributed by atoms with Crippen LogP contribution in [0.5, 0.6) is 0 Å². The third kappa shape index (κ3) is 3.14. The molecule has 0 bridgehead atoms. The zero-order chi connectivity index (χ0) is 17.1. The molecule has 1 aliphatic rings. The normalized spacial score (nSPS) is 16.7. The fourth-order valence-electron chi connectivity index (χ4n) is 2.48. The van der Waals surface area contributed by atoms with Crippen molar-refractivity contribution in [1.82, 2.24) is 4.90 Å². The van der Waals surface area contributed by atoms with Gasteiger partial charge in [-0.05, 0) is 37.3 Å². The van der Waals surface area contributed by atoms with Gasteiger partial charge in [-0.3, -0.25) is 9.59 Å². The van der Waals surface area contributed by atoms with E-state index in [2.05, 4.69) is 5.32 Å². The molecule has 1 atom stereocenters. The molecule has 122 valence electrons. The first-order valence-electron chi connectivity index (χ1n) is 7.34. The van der Waals surface area contributed by atoms with Crippen molar-refractivity contribution in [3.8, 4) is 6.07 Å². The van der Waals surface area contributed by atoms with E-state index < -0.39 is 6.04 Å². The van der Waals surface area contributed by atoms with Gasteiger partial charge in [-0.1, -0.05) is 0 Å². The molecule has 1 aromatic carbocycles. The molecule has 2 heterocycles. The number of carbonyl (C=O) groups is 2. The number of nitrogens with zero attached hydrogens (tertiary/aromatic N) is 2. The van der Waals surface area contributed by atoms with Gasteiger partial charge in [-0.15, -0.1) is 11.8 Å². The molecule has 1 N–H and O–H groups in total. The molecule has 1 aliphatic heterocycles. The summed E-state index contributed by atoms with van der Waals surface area (Å²) in [7, 11) is 0. The van der Waals surface area contributed by atoms with E-state index >= 15 is 0 Å². The average Bonchev–Trinajstić information content (AvgIpc) is 3.24. The lowest BCUT2D eigenvalue weighted by atomic mass is 10.2. The predicted octanol–water partition coefficient (Wildman–Crippen LogP) is 2.61. The number of amides is 2. The Bertz CT molecular complexity index is 807. The van der Waals surface area contributed by atoms with Crippen molar-refractivity contribution in [2.75, 3.05) is 16.9 Å². The van der Waals surface area contributed by atoms with Crippen LogP contribution in [0.4, 0.5) is 5.69 Å². The molecule has 24 heavy (non-hydrogen) atoms. The lowest BCUT2D eigenvalue weighted by Gasteiger charge is -2.22. The number of nitrogens with one attached hydrogen (secondary N) is 1. The molecule has 1 aromatic heterocycles. The number of hydrogen-bond acceptors (Lipinski definition) is 5. The maximum atomic E-state index is 12.6. The van der Waals surface area contributed by atoms with Crippen LogP contribution in [0.2, 0.25) is 0 Å². The molecule has 2 aromatic rings. The summed E-state index contributed by atoms with van der Waals surface area (Å²) in [5, 5.41) is 11.6. The summed E-state index contributed by atoms with van der Waals surface area (Å²) in [5.74, 6) is 1.12. The smallest absolute Gasteiger partial charge is 0.258 e. The maximum absolute atomic E-state index is 12.6. The van der Waals surface area contributed by atoms with Gasteiger partial charge < -0.3 is 14.6 Å². The zero-order valence-electron chi connectivity index (χ0n) is 13.0. The Morgan fingerprint density at radius 3 is 2.71 bits per heavy atom. The van der Waals surface area contributed by atoms with E-state index in [0.717, 1.165) is 0 Å². The quantitative estimate of drug-likeness (QED) is 0.927. The molecule has 1 saturated heterocycles. The van der Waals surface area contributed by atoms with E-state index in [4.69, 9.17) is 9.68 Å². The zero-order valence-corrected chi connectivity index (χ0v) is 13.8. The summed E-state index contributed by atoms with van der Waals surface area (Å²) in [6, 6.07) is 9.73. The molecular formula is C17H15N3O3S. The monoisotopic (exact) mass is 341 g/mol. The number of rotatable bonds is 3. The molecule has 0 saturated carbocycles. The summed E-state index contributed by atoms with van der Waals surface area (Å²) in [4.78, 5) is 26.7. The summed E-state index contributed by atoms with van der Waals surface area (Å²) in [6.45, 7) is 1.72. The highest BCUT2D eigenvalue weighted by Crippen LogP contribution is 2.25. The van der Waals surface area contributed by atoms with Crippen molar-refractivity contribution >= 4 is 29.3 Å². The van der Waals surface area contributed by atoms with E-state index in [1.54, 1.807) is 42.2 Å². The van der Waals surface area contributed by atoms with Crippen LogP contribution in [-0.2, 0) is 4.79 Å². The molecule has 3 rings (SSSR count). The van der Waals surface area contributed by atoms with Crippen LogP contribution < -0.4 is 5.32 Å². The molecule has 0 aliphatic carbocycles. The molecule has 2 amide bonds. The Morgan fingerprint density at radius 1 is 1.33 bits per heavy atom. The molecule has 6 nitrogen and oxygen atoms in total. The fourth-order valence-corrected chi connectivity index (χ4v) is 3.63. The molecule has 0 spiro atoms. The Balaban J connectivity index is 1.72. The number of benzene rings is 1. The van der Waals surface area contributed by atoms with E-state index in [-0.39, 0.29) is 11.8 Å². The van der Waals surface area contributed by atoms with E-state index in [9.17, 15) is 9.59 Å². The predicted molar refractivity (Wildman–Crippen MR) is 90.5 cm³/mol. The number of furan rings is 1. The van der Waals surface area contributed by atoms with Gasteiger partial charge in [0.05, 0.1) is 29.3 Å². The molecular weight excluding hydrogens is 326 g/mol. The number of aryl methyl sites for hydroxylation is 1. The first-order chi connectivity index (χ1) is 11.6. The number of anilines is 1. The molecule has 1 fully saturated rings. The first-order valence-corrected chi connectivity index (χ1v) is 8.49. The number of nitriles is 1. The minimum atomic E-state index is -0.535. The van der Waals surface area contributed by atoms with E-state index in [0.29, 0.717) is 34.2 Å². The van der Waals surface area contributed by atoms with Crippen molar-refractivity contribution in [2.45, 2.75) is 13.0 Å². The van der Waals surface area contributed by atoms with Gasteiger partial charge in [0.15, 0.2) is 0 Å². The van der Waals surface area contributed by atoms with Crippen LogP contribution >= 0.6 is 11.8 Å². The topological polar surface area (TPSA) is 86.3 Å². The van der Waals surface area contributed by atoms with Crippen LogP contribution in [0, 0.1) is 18.3 Å². The van der Waals surface area contributed by atoms with Crippen LogP contribution in [0.15, 0.2) is 41.0 Å². The third-order valence-electron chi connectivity index (χ3n) is 3.82. The largest absolute Gasteiger partial charge is 0.469 e. The molecule has 0 radical (unpaired) electrons. The van der Waals surface area contributed by atoms with Crippen LogP contribution in [0.25, 0.3) is 0 Å². The van der Waals surface area contributed by atoms with Gasteiger partial charge in [0, 0.05) is 11.4 Å². The number of hydrogen-bond donors (Lipinski definition) is 1. The van der Waals surface area contributed by atoms with Crippen molar-refractivity contribution in [2.24, 2.45) is 0 Å². The van der Waals surface area contributed by atoms with E-state index in [1.165, 1.54) is 18.0 Å². The average molecular weight is 341 g/mol. The molecule has 7 heteroatoms. The van der Waals surface area contributed by atoms with Gasteiger partial charge in [0.2, 0.25) is 5.91 Å². The van der Waals surface area contributed by atoms with Crippen molar-refractivity contribution in [3.63, 3.8) is 0 Å². The third-order valence-corrected chi connectivity index (χ3v) is 4.83. The highest BCUT2D eigenvalue weighted by atomic mass is 32.2. The summed E-state index contributed by atoms with van der Waals surface area (Å²) in [5.41, 5.74) is 1.60. The summed E-state index contributed by atoms with van der Waals surface area (Å²) >= 11 is 1.54. The number of carbonyl (C=O) groups excluding carboxylic acids is 2. The Labute approximate surface area is 143 Å². The SMILES string of the molecule is Cc1occc1C(=O)N1CSCC1C(=O)Nc1ccc(C#N)cc1. The van der Waals surface area contributed by atoms with Gasteiger partial charge in [-0.25, -0.2) is 0 Å². The molecule has 1 unspecified atom stereocenters. The fraction of sp³-hybridized carbons (Fsp3) is 0.235. The summed E-state index contributed by atoms with van der Waals surface area (Å²) in [6.07, 6.45) is 1.47. The van der Waals surface area contributed by atoms with Gasteiger partial charge in [-0.2, -0.15) is 5.26 Å². The van der Waals surface area contributed by atoms with Gasteiger partial charge in [0.1, 0.15) is 11.8 Å². The Kier molecular flexibility index (Phi) is 4.58. The second-order valence-corrected chi connectivity index (χ2v) is 6.36. The van der Waals surface area contributed by atoms with Gasteiger partial charge >= 0.3 is 0 Å². The highest BCUT2D eigenvalue weighted by molar-refractivity contribution is 7.99. The minimum Gasteiger partial charge on any atom is -0.469 e. The Morgan fingerprint density at radius 2 is 2.08 bits per heavy atom. The minimum absolute atomic E-state index is 0.203. The standard InChI is InChI=1S/C17H15N3O3S/c1-11-14(6-7-23-11)17(22)20-10-24-9-15(20)16(21)19-13-4-2-12(8-18)3-5-13/h2-7,15H,9-10H2,1H3,(H,19,21). The maximum Gasteiger partial charge on any atom is 0.258 e. The van der Waals surface area contributed by atoms with Gasteiger partial charge in [0.25, 0.3) is 5.91 Å². The lowest BCUT2D eigenvalue weighted by molar-refractivity contribution is -0.119. The van der Waals surface area contributed by atoms with E-state index in [1.807, 2.05) is 6.07 Å². The van der Waals surface area contributed by atoms with Crippen LogP contribution in [-0.4, -0.2) is 34.4 Å². The Hall–Kier alpha value is -2.72. The first kappa shape index (κ1) is 16.1. The second-order valence-electron chi connectivity index (χ2n) is 5.36. The second kappa shape index (κ2) is 6.81. The lowest BCUT2D eigenvalue weighted by Crippen LogP contribution is -2.44. The highest BCUT2D eigenvalue weighted by Gasteiger charge is 2.36. The number of thioether (sulfide) groups is 1. The summed E-state index contributed by atoms with van der Waals surface area (Å²) < 4.78 is 5.18. The van der Waals surface area contributed by atoms with Crippen molar-refractivity contribution in [1.29, 1.82) is 5.26 Å². The van der Waals surface area contributed by atoms with Crippen LogP contribution in [0.1, 0.15) is 21.7 Å². The van der Waals surface area contributed by atoms with Crippen molar-refractivity contribution < 1.29 is 14.0 Å². The van der Waals surface area contributed by atoms with Crippen LogP contribution in [0.3, 0.4) is 0 Å².